The molecule has 1 aliphatic heterocycles. The highest BCUT2D eigenvalue weighted by atomic mass is 35.5. The van der Waals surface area contributed by atoms with E-state index in [2.05, 4.69) is 0 Å². The molecule has 1 atom stereocenters. The van der Waals surface area contributed by atoms with Crippen molar-refractivity contribution >= 4 is 11.6 Å². The number of ether oxygens (including phenoxy) is 3. The molecule has 1 heterocycles. The molecule has 0 fully saturated rings. The molecular weight excluding hydrogens is 331 g/mol. The van der Waals surface area contributed by atoms with E-state index >= 15 is 0 Å². The van der Waals surface area contributed by atoms with Crippen LogP contribution in [0.2, 0.25) is 5.02 Å². The molecule has 5 heteroatoms. The zero-order valence-corrected chi connectivity index (χ0v) is 14.1. The van der Waals surface area contributed by atoms with Gasteiger partial charge >= 0.3 is 0 Å². The van der Waals surface area contributed by atoms with E-state index in [-0.39, 0.29) is 18.7 Å². The largest absolute Gasteiger partial charge is 0.484 e. The van der Waals surface area contributed by atoms with Crippen LogP contribution in [0.25, 0.3) is 0 Å². The fourth-order valence-corrected chi connectivity index (χ4v) is 2.68. The number of benzene rings is 2. The molecule has 0 aromatic heterocycles. The van der Waals surface area contributed by atoms with Crippen molar-refractivity contribution in [3.63, 3.8) is 0 Å². The Morgan fingerprint density at radius 2 is 2.00 bits per heavy atom. The maximum absolute atomic E-state index is 13.2. The van der Waals surface area contributed by atoms with E-state index in [0.717, 1.165) is 17.5 Å². The summed E-state index contributed by atoms with van der Waals surface area (Å²) in [7, 11) is 0. The van der Waals surface area contributed by atoms with E-state index in [1.807, 2.05) is 31.2 Å². The summed E-state index contributed by atoms with van der Waals surface area (Å²) in [6.45, 7) is 2.25. The van der Waals surface area contributed by atoms with Crippen LogP contribution in [-0.2, 0) is 15.9 Å². The average Bonchev–Trinajstić information content (AvgIpc) is 3.02. The summed E-state index contributed by atoms with van der Waals surface area (Å²) >= 11 is 6.28. The first-order chi connectivity index (χ1) is 11.6. The van der Waals surface area contributed by atoms with Crippen molar-refractivity contribution < 1.29 is 18.6 Å². The van der Waals surface area contributed by atoms with Gasteiger partial charge in [-0.3, -0.25) is 0 Å². The van der Waals surface area contributed by atoms with Crippen molar-refractivity contribution in [3.8, 4) is 5.75 Å². The second-order valence-electron chi connectivity index (χ2n) is 5.54. The second kappa shape index (κ2) is 7.58. The molecule has 2 aromatic carbocycles. The molecule has 1 unspecified atom stereocenters. The van der Waals surface area contributed by atoms with Gasteiger partial charge in [0.15, 0.2) is 5.76 Å². The quantitative estimate of drug-likeness (QED) is 0.729. The van der Waals surface area contributed by atoms with Gasteiger partial charge in [0.1, 0.15) is 24.4 Å². The predicted molar refractivity (Wildman–Crippen MR) is 90.5 cm³/mol. The molecule has 0 radical (unpaired) electrons. The SMILES string of the molecule is CCC1OC=C(COc2ccc(Cc3cccc(F)c3)cc2Cl)O1. The molecule has 2 aromatic rings. The third-order valence-electron chi connectivity index (χ3n) is 3.63. The molecule has 0 saturated carbocycles. The molecule has 3 nitrogen and oxygen atoms in total. The molecule has 1 aliphatic rings. The van der Waals surface area contributed by atoms with Gasteiger partial charge in [-0.15, -0.1) is 0 Å². The van der Waals surface area contributed by atoms with Gasteiger partial charge in [0.05, 0.1) is 5.02 Å². The highest BCUT2D eigenvalue weighted by Gasteiger charge is 2.18. The zero-order chi connectivity index (χ0) is 16.9. The van der Waals surface area contributed by atoms with Crippen molar-refractivity contribution in [2.45, 2.75) is 26.1 Å². The van der Waals surface area contributed by atoms with Gasteiger partial charge in [-0.05, 0) is 41.8 Å². The lowest BCUT2D eigenvalue weighted by molar-refractivity contribution is -0.0375. The lowest BCUT2D eigenvalue weighted by Gasteiger charge is -2.11. The maximum atomic E-state index is 13.2. The fraction of sp³-hybridized carbons (Fsp3) is 0.263. The van der Waals surface area contributed by atoms with E-state index in [1.165, 1.54) is 12.1 Å². The minimum atomic E-state index is -0.240. The first-order valence-corrected chi connectivity index (χ1v) is 8.18. The van der Waals surface area contributed by atoms with Crippen molar-refractivity contribution in [1.29, 1.82) is 0 Å². The third kappa shape index (κ3) is 4.20. The van der Waals surface area contributed by atoms with Crippen LogP contribution in [0, 0.1) is 5.82 Å². The standard InChI is InChI=1S/C19H18ClFO3/c1-2-19-23-12-16(24-19)11-22-18-7-6-14(10-17(18)20)8-13-4-3-5-15(21)9-13/h3-7,9-10,12,19H,2,8,11H2,1H3. The van der Waals surface area contributed by atoms with E-state index in [0.29, 0.717) is 23.0 Å². The van der Waals surface area contributed by atoms with Crippen LogP contribution in [0.3, 0.4) is 0 Å². The Morgan fingerprint density at radius 3 is 2.71 bits per heavy atom. The van der Waals surface area contributed by atoms with Gasteiger partial charge in [0.2, 0.25) is 6.29 Å². The Balaban J connectivity index is 1.60. The summed E-state index contributed by atoms with van der Waals surface area (Å²) in [6.07, 6.45) is 2.72. The predicted octanol–water partition coefficient (Wildman–Crippen LogP) is 5.07. The Labute approximate surface area is 145 Å². The van der Waals surface area contributed by atoms with Crippen LogP contribution in [0.5, 0.6) is 5.75 Å². The normalized spacial score (nSPS) is 16.3. The monoisotopic (exact) mass is 348 g/mol. The van der Waals surface area contributed by atoms with Crippen LogP contribution >= 0.6 is 11.6 Å². The first kappa shape index (κ1) is 16.7. The van der Waals surface area contributed by atoms with Gasteiger partial charge in [-0.25, -0.2) is 4.39 Å². The summed E-state index contributed by atoms with van der Waals surface area (Å²) in [5.74, 6) is 0.974. The fourth-order valence-electron chi connectivity index (χ4n) is 2.43. The van der Waals surface area contributed by atoms with Crippen LogP contribution < -0.4 is 4.74 Å². The van der Waals surface area contributed by atoms with Crippen molar-refractivity contribution in [2.75, 3.05) is 6.61 Å². The minimum Gasteiger partial charge on any atom is -0.484 e. The van der Waals surface area contributed by atoms with E-state index in [9.17, 15) is 4.39 Å². The lowest BCUT2D eigenvalue weighted by Crippen LogP contribution is -2.09. The molecule has 0 N–H and O–H groups in total. The topological polar surface area (TPSA) is 27.7 Å². The molecule has 3 rings (SSSR count). The summed E-state index contributed by atoms with van der Waals surface area (Å²) < 4.78 is 29.7. The van der Waals surface area contributed by atoms with Gasteiger partial charge < -0.3 is 14.2 Å². The summed E-state index contributed by atoms with van der Waals surface area (Å²) in [4.78, 5) is 0. The Hall–Kier alpha value is -2.20. The number of rotatable bonds is 6. The van der Waals surface area contributed by atoms with Crippen LogP contribution in [-0.4, -0.2) is 12.9 Å². The zero-order valence-electron chi connectivity index (χ0n) is 13.3. The van der Waals surface area contributed by atoms with Crippen molar-refractivity contribution in [2.24, 2.45) is 0 Å². The highest BCUT2D eigenvalue weighted by Crippen LogP contribution is 2.28. The van der Waals surface area contributed by atoms with E-state index < -0.39 is 0 Å². The summed E-state index contributed by atoms with van der Waals surface area (Å²) in [5, 5.41) is 0.510. The Morgan fingerprint density at radius 1 is 1.17 bits per heavy atom. The summed E-state index contributed by atoms with van der Waals surface area (Å²) in [6, 6.07) is 12.1. The Bertz CT molecular complexity index is 745. The molecule has 126 valence electrons. The van der Waals surface area contributed by atoms with E-state index in [1.54, 1.807) is 12.3 Å². The lowest BCUT2D eigenvalue weighted by atomic mass is 10.0. The molecule has 0 saturated heterocycles. The maximum Gasteiger partial charge on any atom is 0.240 e. The third-order valence-corrected chi connectivity index (χ3v) is 3.93. The van der Waals surface area contributed by atoms with Crippen LogP contribution in [0.4, 0.5) is 4.39 Å². The van der Waals surface area contributed by atoms with Gasteiger partial charge in [0, 0.05) is 6.42 Å². The van der Waals surface area contributed by atoms with Crippen LogP contribution in [0.1, 0.15) is 24.5 Å². The average molecular weight is 349 g/mol. The second-order valence-corrected chi connectivity index (χ2v) is 5.94. The van der Waals surface area contributed by atoms with E-state index in [4.69, 9.17) is 25.8 Å². The van der Waals surface area contributed by atoms with Gasteiger partial charge in [-0.1, -0.05) is 36.7 Å². The number of halogens is 2. The molecule has 0 spiro atoms. The molecular formula is C19H18ClFO3. The molecule has 0 aliphatic carbocycles. The van der Waals surface area contributed by atoms with Crippen molar-refractivity contribution in [1.82, 2.24) is 0 Å². The Kier molecular flexibility index (Phi) is 5.26. The molecule has 0 bridgehead atoms. The summed E-state index contributed by atoms with van der Waals surface area (Å²) in [5.41, 5.74) is 1.88. The molecule has 0 amide bonds. The molecule has 24 heavy (non-hydrogen) atoms. The minimum absolute atomic E-state index is 0.229. The van der Waals surface area contributed by atoms with Gasteiger partial charge in [-0.2, -0.15) is 0 Å². The smallest absolute Gasteiger partial charge is 0.240 e. The number of hydrogen-bond donors (Lipinski definition) is 0. The first-order valence-electron chi connectivity index (χ1n) is 7.81. The highest BCUT2D eigenvalue weighted by molar-refractivity contribution is 6.32. The number of hydrogen-bond acceptors (Lipinski definition) is 3. The van der Waals surface area contributed by atoms with Crippen molar-refractivity contribution in [3.05, 3.63) is 76.5 Å². The van der Waals surface area contributed by atoms with Gasteiger partial charge in [0.25, 0.3) is 0 Å². The van der Waals surface area contributed by atoms with Crippen LogP contribution in [0.15, 0.2) is 54.5 Å².